The zero-order valence-electron chi connectivity index (χ0n) is 13.6. The number of benzene rings is 2. The molecule has 0 unspecified atom stereocenters. The molecule has 1 aromatic heterocycles. The fourth-order valence-corrected chi connectivity index (χ4v) is 3.08. The molecule has 1 N–H and O–H groups in total. The van der Waals surface area contributed by atoms with Gasteiger partial charge in [0.05, 0.1) is 6.61 Å². The fourth-order valence-electron chi connectivity index (χ4n) is 2.82. The van der Waals surface area contributed by atoms with Crippen LogP contribution >= 0.6 is 15.9 Å². The lowest BCUT2D eigenvalue weighted by Crippen LogP contribution is -2.20. The summed E-state index contributed by atoms with van der Waals surface area (Å²) in [6, 6.07) is 16.1. The maximum absolute atomic E-state index is 5.52. The first kappa shape index (κ1) is 15.8. The monoisotopic (exact) mass is 397 g/mol. The van der Waals surface area contributed by atoms with Gasteiger partial charge in [0.15, 0.2) is 0 Å². The lowest BCUT2D eigenvalue weighted by molar-refractivity contribution is 0.340. The van der Waals surface area contributed by atoms with E-state index >= 15 is 0 Å². The molecule has 4 rings (SSSR count). The molecule has 0 saturated heterocycles. The van der Waals surface area contributed by atoms with E-state index in [-0.39, 0.29) is 6.04 Å². The van der Waals surface area contributed by atoms with Gasteiger partial charge in [-0.2, -0.15) is 4.68 Å². The van der Waals surface area contributed by atoms with Gasteiger partial charge >= 0.3 is 0 Å². The fraction of sp³-hybridized carbons (Fsp3) is 0.167. The van der Waals surface area contributed by atoms with Crippen LogP contribution in [0.4, 0.5) is 5.95 Å². The van der Waals surface area contributed by atoms with Crippen molar-refractivity contribution in [2.75, 3.05) is 11.9 Å². The number of rotatable bonds is 4. The minimum Gasteiger partial charge on any atom is -0.494 e. The number of hydrogen-bond acceptors (Lipinski definition) is 5. The van der Waals surface area contributed by atoms with Gasteiger partial charge in [0.25, 0.3) is 0 Å². The first-order valence-corrected chi connectivity index (χ1v) is 8.79. The van der Waals surface area contributed by atoms with Gasteiger partial charge in [0.1, 0.15) is 11.8 Å². The lowest BCUT2D eigenvalue weighted by atomic mass is 10.0. The van der Waals surface area contributed by atoms with Crippen LogP contribution in [0.2, 0.25) is 0 Å². The average Bonchev–Trinajstić information content (AvgIpc) is 3.11. The first-order valence-electron chi connectivity index (χ1n) is 8.00. The van der Waals surface area contributed by atoms with Crippen LogP contribution in [0.15, 0.2) is 59.1 Å². The van der Waals surface area contributed by atoms with Crippen molar-refractivity contribution in [2.45, 2.75) is 13.0 Å². The summed E-state index contributed by atoms with van der Waals surface area (Å²) in [6.45, 7) is 2.62. The number of ether oxygens (including phenoxy) is 1. The van der Waals surface area contributed by atoms with Crippen LogP contribution < -0.4 is 10.1 Å². The van der Waals surface area contributed by atoms with Crippen molar-refractivity contribution >= 4 is 27.6 Å². The number of nitrogens with one attached hydrogen (secondary N) is 1. The summed E-state index contributed by atoms with van der Waals surface area (Å²) in [5.74, 6) is 1.48. The van der Waals surface area contributed by atoms with Crippen LogP contribution in [-0.4, -0.2) is 26.8 Å². The van der Waals surface area contributed by atoms with Gasteiger partial charge in [-0.1, -0.05) is 45.3 Å². The molecule has 7 heteroatoms. The van der Waals surface area contributed by atoms with Crippen LogP contribution in [0.25, 0.3) is 5.70 Å². The molecular weight excluding hydrogens is 382 g/mol. The number of allylic oxidation sites excluding steroid dienone is 1. The minimum absolute atomic E-state index is 0.0828. The van der Waals surface area contributed by atoms with E-state index in [4.69, 9.17) is 4.74 Å². The number of aromatic nitrogens is 4. The summed E-state index contributed by atoms with van der Waals surface area (Å²) >= 11 is 3.47. The Labute approximate surface area is 153 Å². The normalized spacial score (nSPS) is 15.9. The summed E-state index contributed by atoms with van der Waals surface area (Å²) in [7, 11) is 0. The quantitative estimate of drug-likeness (QED) is 0.723. The van der Waals surface area contributed by atoms with Gasteiger partial charge < -0.3 is 10.1 Å². The molecule has 2 aromatic carbocycles. The number of fused-ring (bicyclic) bond motifs is 1. The highest BCUT2D eigenvalue weighted by atomic mass is 79.9. The van der Waals surface area contributed by atoms with E-state index in [0.717, 1.165) is 27.0 Å². The van der Waals surface area contributed by atoms with Crippen LogP contribution in [0, 0.1) is 0 Å². The van der Waals surface area contributed by atoms with Gasteiger partial charge in [-0.3, -0.25) is 0 Å². The van der Waals surface area contributed by atoms with Crippen molar-refractivity contribution in [3.63, 3.8) is 0 Å². The molecule has 1 aliphatic rings. The molecule has 1 aliphatic heterocycles. The third kappa shape index (κ3) is 3.15. The standard InChI is InChI=1S/C18H16BrN5O/c1-2-25-15-9-5-13(6-10-15)17-11-16(12-3-7-14(19)8-4-12)20-18-21-22-23-24(17)18/h3-11,17H,2H2,1H3,(H,20,21,23)/t17-/m1/s1. The second-order valence-corrected chi connectivity index (χ2v) is 6.52. The second-order valence-electron chi connectivity index (χ2n) is 5.61. The van der Waals surface area contributed by atoms with E-state index in [1.54, 1.807) is 4.68 Å². The van der Waals surface area contributed by atoms with Gasteiger partial charge in [-0.05, 0) is 58.8 Å². The third-order valence-corrected chi connectivity index (χ3v) is 4.54. The summed E-state index contributed by atoms with van der Waals surface area (Å²) in [4.78, 5) is 0. The predicted molar refractivity (Wildman–Crippen MR) is 99.3 cm³/mol. The van der Waals surface area contributed by atoms with E-state index in [1.165, 1.54) is 0 Å². The van der Waals surface area contributed by atoms with Crippen LogP contribution in [0.5, 0.6) is 5.75 Å². The minimum atomic E-state index is -0.0828. The van der Waals surface area contributed by atoms with Gasteiger partial charge in [-0.25, -0.2) is 0 Å². The molecule has 0 saturated carbocycles. The summed E-state index contributed by atoms with van der Waals surface area (Å²) in [5, 5.41) is 15.3. The number of hydrogen-bond donors (Lipinski definition) is 1. The van der Waals surface area contributed by atoms with Crippen molar-refractivity contribution in [1.82, 2.24) is 20.2 Å². The van der Waals surface area contributed by atoms with Crippen LogP contribution in [0.3, 0.4) is 0 Å². The Morgan fingerprint density at radius 2 is 1.88 bits per heavy atom. The Morgan fingerprint density at radius 1 is 1.12 bits per heavy atom. The summed E-state index contributed by atoms with van der Waals surface area (Å²) in [6.07, 6.45) is 2.13. The Bertz CT molecular complexity index is 902. The molecule has 25 heavy (non-hydrogen) atoms. The highest BCUT2D eigenvalue weighted by molar-refractivity contribution is 9.10. The number of tetrazole rings is 1. The first-order chi connectivity index (χ1) is 12.2. The predicted octanol–water partition coefficient (Wildman–Crippen LogP) is 3.89. The Balaban J connectivity index is 1.73. The third-order valence-electron chi connectivity index (χ3n) is 4.02. The molecule has 126 valence electrons. The van der Waals surface area contributed by atoms with Crippen LogP contribution in [0.1, 0.15) is 24.1 Å². The smallest absolute Gasteiger partial charge is 0.248 e. The molecule has 0 aliphatic carbocycles. The van der Waals surface area contributed by atoms with Crippen LogP contribution in [-0.2, 0) is 0 Å². The molecule has 2 heterocycles. The molecule has 0 fully saturated rings. The second kappa shape index (κ2) is 6.68. The maximum atomic E-state index is 5.52. The van der Waals surface area contributed by atoms with Crippen molar-refractivity contribution in [2.24, 2.45) is 0 Å². The number of nitrogens with zero attached hydrogens (tertiary/aromatic N) is 4. The SMILES string of the molecule is CCOc1ccc([C@H]2C=C(c3ccc(Br)cc3)Nc3nnnn32)cc1. The molecule has 3 aromatic rings. The van der Waals surface area contributed by atoms with E-state index in [9.17, 15) is 0 Å². The number of anilines is 1. The van der Waals surface area contributed by atoms with Gasteiger partial charge in [-0.15, -0.1) is 0 Å². The Kier molecular flexibility index (Phi) is 4.23. The Hall–Kier alpha value is -2.67. The molecule has 0 amide bonds. The van der Waals surface area contributed by atoms with E-state index in [0.29, 0.717) is 12.6 Å². The maximum Gasteiger partial charge on any atom is 0.248 e. The van der Waals surface area contributed by atoms with Crippen molar-refractivity contribution in [1.29, 1.82) is 0 Å². The van der Waals surface area contributed by atoms with Gasteiger partial charge in [0, 0.05) is 10.2 Å². The summed E-state index contributed by atoms with van der Waals surface area (Å²) < 4.78 is 8.34. The molecule has 6 nitrogen and oxygen atoms in total. The van der Waals surface area contributed by atoms with Crippen molar-refractivity contribution < 1.29 is 4.74 Å². The van der Waals surface area contributed by atoms with Gasteiger partial charge in [0.2, 0.25) is 5.95 Å². The molecule has 0 bridgehead atoms. The van der Waals surface area contributed by atoms with E-state index in [2.05, 4.69) is 55.0 Å². The Morgan fingerprint density at radius 3 is 2.60 bits per heavy atom. The highest BCUT2D eigenvalue weighted by Gasteiger charge is 2.24. The van der Waals surface area contributed by atoms with E-state index < -0.39 is 0 Å². The zero-order chi connectivity index (χ0) is 17.2. The molecule has 0 spiro atoms. The largest absolute Gasteiger partial charge is 0.494 e. The summed E-state index contributed by atoms with van der Waals surface area (Å²) in [5.41, 5.74) is 3.15. The number of halogens is 1. The highest BCUT2D eigenvalue weighted by Crippen LogP contribution is 2.32. The van der Waals surface area contributed by atoms with Crippen molar-refractivity contribution in [3.8, 4) is 5.75 Å². The topological polar surface area (TPSA) is 64.9 Å². The lowest BCUT2D eigenvalue weighted by Gasteiger charge is -2.23. The molecule has 1 atom stereocenters. The van der Waals surface area contributed by atoms with E-state index in [1.807, 2.05) is 43.3 Å². The van der Waals surface area contributed by atoms with Crippen molar-refractivity contribution in [3.05, 3.63) is 70.2 Å². The molecule has 0 radical (unpaired) electrons. The zero-order valence-corrected chi connectivity index (χ0v) is 15.1. The molecular formula is C18H16BrN5O. The average molecular weight is 398 g/mol.